The molecule has 0 spiro atoms. The number of anilines is 2. The number of amides is 2. The highest BCUT2D eigenvalue weighted by Gasteiger charge is 2.09. The highest BCUT2D eigenvalue weighted by Crippen LogP contribution is 2.29. The number of benzene rings is 2. The summed E-state index contributed by atoms with van der Waals surface area (Å²) in [5.74, 6) is 2.11. The number of nitrogens with one attached hydrogen (secondary N) is 2. The van der Waals surface area contributed by atoms with Gasteiger partial charge in [0.15, 0.2) is 0 Å². The average molecular weight is 403 g/mol. The van der Waals surface area contributed by atoms with Gasteiger partial charge in [-0.15, -0.1) is 0 Å². The predicted molar refractivity (Wildman–Crippen MR) is 115 cm³/mol. The molecule has 28 heavy (non-hydrogen) atoms. The second kappa shape index (κ2) is 11.2. The molecule has 0 atom stereocenters. The standard InChI is InChI=1S/C21H26N2O4S/c1-15-6-4-7-16(12-15)22-20(24)8-5-11-28-14-21(25)23-18-13-17(26-2)9-10-19(18)27-3/h4,6-7,9-10,12-13H,5,8,11,14H2,1-3H3,(H,22,24)(H,23,25). The molecule has 0 radical (unpaired) electrons. The van der Waals surface area contributed by atoms with Crippen LogP contribution in [0.4, 0.5) is 11.4 Å². The van der Waals surface area contributed by atoms with Crippen LogP contribution in [0.1, 0.15) is 18.4 Å². The third-order valence-corrected chi connectivity index (χ3v) is 4.95. The van der Waals surface area contributed by atoms with E-state index in [4.69, 9.17) is 9.47 Å². The Bertz CT molecular complexity index is 811. The van der Waals surface area contributed by atoms with Crippen molar-refractivity contribution < 1.29 is 19.1 Å². The summed E-state index contributed by atoms with van der Waals surface area (Å²) in [6.45, 7) is 1.98. The van der Waals surface area contributed by atoms with Crippen LogP contribution in [0.15, 0.2) is 42.5 Å². The molecule has 0 unspecified atom stereocenters. The zero-order valence-corrected chi connectivity index (χ0v) is 17.2. The minimum atomic E-state index is -0.124. The lowest BCUT2D eigenvalue weighted by Crippen LogP contribution is -2.15. The van der Waals surface area contributed by atoms with E-state index in [0.717, 1.165) is 17.0 Å². The summed E-state index contributed by atoms with van der Waals surface area (Å²) < 4.78 is 10.4. The average Bonchev–Trinajstić information content (AvgIpc) is 2.67. The van der Waals surface area contributed by atoms with Crippen molar-refractivity contribution in [2.24, 2.45) is 0 Å². The van der Waals surface area contributed by atoms with E-state index < -0.39 is 0 Å². The Morgan fingerprint density at radius 3 is 2.54 bits per heavy atom. The van der Waals surface area contributed by atoms with Crippen LogP contribution in [0.25, 0.3) is 0 Å². The van der Waals surface area contributed by atoms with Crippen molar-refractivity contribution in [1.82, 2.24) is 0 Å². The molecule has 2 aromatic carbocycles. The molecule has 0 saturated carbocycles. The Labute approximate surface area is 170 Å². The van der Waals surface area contributed by atoms with Gasteiger partial charge in [-0.25, -0.2) is 0 Å². The van der Waals surface area contributed by atoms with Crippen molar-refractivity contribution in [3.05, 3.63) is 48.0 Å². The molecule has 0 aliphatic carbocycles. The smallest absolute Gasteiger partial charge is 0.234 e. The molecule has 0 fully saturated rings. The number of ether oxygens (including phenoxy) is 2. The first-order chi connectivity index (χ1) is 13.5. The van der Waals surface area contributed by atoms with E-state index in [0.29, 0.717) is 35.8 Å². The van der Waals surface area contributed by atoms with E-state index in [9.17, 15) is 9.59 Å². The lowest BCUT2D eigenvalue weighted by atomic mass is 10.2. The normalized spacial score (nSPS) is 10.2. The lowest BCUT2D eigenvalue weighted by Gasteiger charge is -2.11. The summed E-state index contributed by atoms with van der Waals surface area (Å²) in [6.07, 6.45) is 1.13. The van der Waals surface area contributed by atoms with Gasteiger partial charge in [0.1, 0.15) is 11.5 Å². The molecular weight excluding hydrogens is 376 g/mol. The number of carbonyl (C=O) groups is 2. The van der Waals surface area contributed by atoms with Gasteiger partial charge in [0.25, 0.3) is 0 Å². The molecule has 2 amide bonds. The molecule has 0 aliphatic heterocycles. The van der Waals surface area contributed by atoms with E-state index in [-0.39, 0.29) is 11.8 Å². The van der Waals surface area contributed by atoms with Crippen LogP contribution < -0.4 is 20.1 Å². The van der Waals surface area contributed by atoms with E-state index in [1.54, 1.807) is 32.4 Å². The first-order valence-electron chi connectivity index (χ1n) is 8.98. The molecule has 7 heteroatoms. The van der Waals surface area contributed by atoms with Gasteiger partial charge in [0.2, 0.25) is 11.8 Å². The third kappa shape index (κ3) is 7.15. The summed E-state index contributed by atoms with van der Waals surface area (Å²) in [5.41, 5.74) is 2.49. The van der Waals surface area contributed by atoms with Crippen LogP contribution in [0.3, 0.4) is 0 Å². The Morgan fingerprint density at radius 2 is 1.82 bits per heavy atom. The van der Waals surface area contributed by atoms with Crippen molar-refractivity contribution in [1.29, 1.82) is 0 Å². The van der Waals surface area contributed by atoms with Gasteiger partial charge in [0, 0.05) is 18.2 Å². The summed E-state index contributed by atoms with van der Waals surface area (Å²) in [5, 5.41) is 5.72. The quantitative estimate of drug-likeness (QED) is 0.585. The van der Waals surface area contributed by atoms with Crippen LogP contribution in [0.5, 0.6) is 11.5 Å². The van der Waals surface area contributed by atoms with Gasteiger partial charge in [0.05, 0.1) is 25.7 Å². The Morgan fingerprint density at radius 1 is 1.00 bits per heavy atom. The van der Waals surface area contributed by atoms with E-state index in [1.807, 2.05) is 31.2 Å². The molecule has 0 aromatic heterocycles. The van der Waals surface area contributed by atoms with E-state index in [2.05, 4.69) is 10.6 Å². The maximum Gasteiger partial charge on any atom is 0.234 e. The Kier molecular flexibility index (Phi) is 8.68. The highest BCUT2D eigenvalue weighted by atomic mass is 32.2. The largest absolute Gasteiger partial charge is 0.497 e. The molecule has 0 bridgehead atoms. The van der Waals surface area contributed by atoms with E-state index in [1.165, 1.54) is 11.8 Å². The van der Waals surface area contributed by atoms with Gasteiger partial charge in [-0.05, 0) is 48.9 Å². The fourth-order valence-electron chi connectivity index (χ4n) is 2.54. The maximum atomic E-state index is 12.1. The SMILES string of the molecule is COc1ccc(OC)c(NC(=O)CSCCCC(=O)Nc2cccc(C)c2)c1. The molecule has 0 aliphatic rings. The van der Waals surface area contributed by atoms with Crippen molar-refractivity contribution in [3.8, 4) is 11.5 Å². The summed E-state index contributed by atoms with van der Waals surface area (Å²) >= 11 is 1.49. The van der Waals surface area contributed by atoms with Crippen LogP contribution in [0, 0.1) is 6.92 Å². The zero-order valence-electron chi connectivity index (χ0n) is 16.4. The molecule has 0 heterocycles. The summed E-state index contributed by atoms with van der Waals surface area (Å²) in [4.78, 5) is 24.1. The number of aryl methyl sites for hydroxylation is 1. The van der Waals surface area contributed by atoms with Gasteiger partial charge >= 0.3 is 0 Å². The second-order valence-electron chi connectivity index (χ2n) is 6.19. The minimum absolute atomic E-state index is 0.0169. The molecule has 2 rings (SSSR count). The number of hydrogen-bond donors (Lipinski definition) is 2. The number of methoxy groups -OCH3 is 2. The minimum Gasteiger partial charge on any atom is -0.497 e. The van der Waals surface area contributed by atoms with Gasteiger partial charge < -0.3 is 20.1 Å². The number of thioether (sulfide) groups is 1. The van der Waals surface area contributed by atoms with Crippen molar-refractivity contribution in [2.75, 3.05) is 36.4 Å². The van der Waals surface area contributed by atoms with Crippen LogP contribution in [-0.4, -0.2) is 37.5 Å². The first kappa shape index (κ1) is 21.6. The van der Waals surface area contributed by atoms with E-state index >= 15 is 0 Å². The molecule has 6 nitrogen and oxygen atoms in total. The molecule has 2 aromatic rings. The Balaban J connectivity index is 1.68. The predicted octanol–water partition coefficient (Wildman–Crippen LogP) is 4.10. The van der Waals surface area contributed by atoms with Gasteiger partial charge in [-0.3, -0.25) is 9.59 Å². The van der Waals surface area contributed by atoms with Crippen LogP contribution in [0.2, 0.25) is 0 Å². The lowest BCUT2D eigenvalue weighted by molar-refractivity contribution is -0.116. The first-order valence-corrected chi connectivity index (χ1v) is 10.1. The van der Waals surface area contributed by atoms with Crippen molar-refractivity contribution in [2.45, 2.75) is 19.8 Å². The highest BCUT2D eigenvalue weighted by molar-refractivity contribution is 7.99. The number of hydrogen-bond acceptors (Lipinski definition) is 5. The molecular formula is C21H26N2O4S. The van der Waals surface area contributed by atoms with Crippen LogP contribution in [-0.2, 0) is 9.59 Å². The Hall–Kier alpha value is -2.67. The summed E-state index contributed by atoms with van der Waals surface area (Å²) in [6, 6.07) is 12.9. The number of rotatable bonds is 10. The van der Waals surface area contributed by atoms with Crippen molar-refractivity contribution in [3.63, 3.8) is 0 Å². The van der Waals surface area contributed by atoms with Gasteiger partial charge in [-0.1, -0.05) is 12.1 Å². The zero-order chi connectivity index (χ0) is 20.4. The second-order valence-corrected chi connectivity index (χ2v) is 7.29. The molecule has 150 valence electrons. The van der Waals surface area contributed by atoms with Crippen molar-refractivity contribution >= 4 is 35.0 Å². The molecule has 2 N–H and O–H groups in total. The third-order valence-electron chi connectivity index (χ3n) is 3.91. The topological polar surface area (TPSA) is 76.7 Å². The summed E-state index contributed by atoms with van der Waals surface area (Å²) in [7, 11) is 3.12. The number of carbonyl (C=O) groups excluding carboxylic acids is 2. The van der Waals surface area contributed by atoms with Gasteiger partial charge in [-0.2, -0.15) is 11.8 Å². The van der Waals surface area contributed by atoms with Crippen LogP contribution >= 0.6 is 11.8 Å². The molecule has 0 saturated heterocycles. The fourth-order valence-corrected chi connectivity index (χ4v) is 3.29. The fraction of sp³-hybridized carbons (Fsp3) is 0.333. The monoisotopic (exact) mass is 402 g/mol. The maximum absolute atomic E-state index is 12.1.